The van der Waals surface area contributed by atoms with Gasteiger partial charge in [0.05, 0.1) is 5.02 Å². The molecule has 1 unspecified atom stereocenters. The van der Waals surface area contributed by atoms with E-state index in [9.17, 15) is 23.2 Å². The summed E-state index contributed by atoms with van der Waals surface area (Å²) < 4.78 is 33.9. The zero-order chi connectivity index (χ0) is 21.6. The van der Waals surface area contributed by atoms with E-state index >= 15 is 0 Å². The summed E-state index contributed by atoms with van der Waals surface area (Å²) in [5.41, 5.74) is -0.719. The van der Waals surface area contributed by atoms with Crippen molar-refractivity contribution in [1.29, 1.82) is 0 Å². The molecule has 0 spiro atoms. The van der Waals surface area contributed by atoms with E-state index in [0.29, 0.717) is 0 Å². The van der Waals surface area contributed by atoms with Crippen LogP contribution in [0.5, 0.6) is 11.5 Å². The predicted octanol–water partition coefficient (Wildman–Crippen LogP) is 5.89. The number of aromatic hydroxyl groups is 2. The van der Waals surface area contributed by atoms with Crippen LogP contribution in [0.3, 0.4) is 0 Å². The van der Waals surface area contributed by atoms with E-state index < -0.39 is 31.9 Å². The summed E-state index contributed by atoms with van der Waals surface area (Å²) in [6.07, 6.45) is 0. The molecule has 0 radical (unpaired) electrons. The fourth-order valence-corrected chi connectivity index (χ4v) is 5.52. The second kappa shape index (κ2) is 7.87. The first kappa shape index (κ1) is 22.0. The van der Waals surface area contributed by atoms with Crippen LogP contribution in [0.25, 0.3) is 0 Å². The van der Waals surface area contributed by atoms with Crippen LogP contribution in [0.15, 0.2) is 54.6 Å². The maximum absolute atomic E-state index is 13.0. The lowest BCUT2D eigenvalue weighted by Gasteiger charge is -2.34. The molecule has 0 aliphatic rings. The summed E-state index contributed by atoms with van der Waals surface area (Å²) in [5.74, 6) is -1.15. The van der Waals surface area contributed by atoms with Gasteiger partial charge >= 0.3 is 0 Å². The van der Waals surface area contributed by atoms with Crippen LogP contribution in [0, 0.1) is 0 Å². The molecule has 29 heavy (non-hydrogen) atoms. The Morgan fingerprint density at radius 3 is 1.93 bits per heavy atom. The van der Waals surface area contributed by atoms with Gasteiger partial charge in [0, 0.05) is 37.8 Å². The first-order valence-corrected chi connectivity index (χ1v) is 10.8. The number of hydrogen-bond donors (Lipinski definition) is 3. The average Bonchev–Trinajstić information content (AvgIpc) is 2.63. The van der Waals surface area contributed by atoms with Crippen molar-refractivity contribution >= 4 is 56.5 Å². The second-order valence-electron chi connectivity index (χ2n) is 6.08. The quantitative estimate of drug-likeness (QED) is 0.239. The van der Waals surface area contributed by atoms with Crippen molar-refractivity contribution in [2.75, 3.05) is 0 Å². The molecule has 5 nitrogen and oxygen atoms in total. The molecule has 0 heterocycles. The van der Waals surface area contributed by atoms with Gasteiger partial charge in [-0.25, -0.2) is 0 Å². The number of hydrogen-bond acceptors (Lipinski definition) is 4. The second-order valence-corrected chi connectivity index (χ2v) is 9.30. The van der Waals surface area contributed by atoms with Crippen LogP contribution in [0.1, 0.15) is 16.7 Å². The molecule has 3 N–H and O–H groups in total. The van der Waals surface area contributed by atoms with E-state index in [4.69, 9.17) is 46.4 Å². The lowest BCUT2D eigenvalue weighted by Crippen LogP contribution is -2.39. The topological polar surface area (TPSA) is 94.8 Å². The molecule has 0 amide bonds. The average molecular weight is 494 g/mol. The van der Waals surface area contributed by atoms with Crippen LogP contribution in [0.2, 0.25) is 20.1 Å². The van der Waals surface area contributed by atoms with Gasteiger partial charge in [0.25, 0.3) is 10.1 Å². The van der Waals surface area contributed by atoms with Crippen molar-refractivity contribution < 1.29 is 23.2 Å². The van der Waals surface area contributed by atoms with Crippen molar-refractivity contribution in [3.05, 3.63) is 91.4 Å². The molecule has 0 aliphatic carbocycles. The molecule has 3 rings (SSSR count). The summed E-state index contributed by atoms with van der Waals surface area (Å²) in [6, 6.07) is 11.7. The largest absolute Gasteiger partial charge is 0.508 e. The highest BCUT2D eigenvalue weighted by molar-refractivity contribution is 7.87. The third-order valence-corrected chi connectivity index (χ3v) is 7.02. The fraction of sp³-hybridized carbons (Fsp3) is 0.0526. The van der Waals surface area contributed by atoms with Crippen LogP contribution in [-0.4, -0.2) is 23.2 Å². The van der Waals surface area contributed by atoms with Crippen LogP contribution < -0.4 is 0 Å². The molecule has 0 aromatic heterocycles. The minimum absolute atomic E-state index is 0.0463. The maximum atomic E-state index is 13.0. The minimum atomic E-state index is -5.14. The third kappa shape index (κ3) is 3.65. The summed E-state index contributed by atoms with van der Waals surface area (Å²) in [6.45, 7) is 0. The van der Waals surface area contributed by atoms with Gasteiger partial charge in [-0.05, 0) is 30.3 Å². The minimum Gasteiger partial charge on any atom is -0.508 e. The van der Waals surface area contributed by atoms with Gasteiger partial charge in [-0.2, -0.15) is 8.42 Å². The van der Waals surface area contributed by atoms with E-state index in [2.05, 4.69) is 0 Å². The molecule has 3 aromatic rings. The normalized spacial score (nSPS) is 13.8. The van der Waals surface area contributed by atoms with Crippen LogP contribution in [0.4, 0.5) is 0 Å². The summed E-state index contributed by atoms with van der Waals surface area (Å²) in [4.78, 5) is 0. The zero-order valence-corrected chi connectivity index (χ0v) is 18.1. The Morgan fingerprint density at radius 1 is 0.690 bits per heavy atom. The molecule has 1 atom stereocenters. The Labute approximate surface area is 186 Å². The highest BCUT2D eigenvalue weighted by Gasteiger charge is 2.52. The summed E-state index contributed by atoms with van der Waals surface area (Å²) in [5, 5.41) is 20.5. The van der Waals surface area contributed by atoms with Crippen molar-refractivity contribution in [2.24, 2.45) is 0 Å². The molecule has 0 bridgehead atoms. The molecular formula is C19H12Cl4O5S. The van der Waals surface area contributed by atoms with E-state index in [-0.39, 0.29) is 31.2 Å². The first-order valence-electron chi connectivity index (χ1n) is 7.89. The van der Waals surface area contributed by atoms with Crippen molar-refractivity contribution in [1.82, 2.24) is 0 Å². The Hall–Kier alpha value is -1.67. The number of halogens is 4. The molecule has 0 saturated heterocycles. The third-order valence-electron chi connectivity index (χ3n) is 4.39. The molecule has 0 saturated carbocycles. The molecule has 0 fully saturated rings. The smallest absolute Gasteiger partial charge is 0.283 e. The van der Waals surface area contributed by atoms with Gasteiger partial charge in [-0.15, -0.1) is 0 Å². The highest BCUT2D eigenvalue weighted by Crippen LogP contribution is 2.52. The number of benzene rings is 3. The zero-order valence-electron chi connectivity index (χ0n) is 14.3. The number of phenolic OH excluding ortho intramolecular Hbond substituents is 2. The van der Waals surface area contributed by atoms with Gasteiger partial charge in [0.15, 0.2) is 4.75 Å². The van der Waals surface area contributed by atoms with Crippen LogP contribution in [-0.2, 0) is 14.9 Å². The molecular weight excluding hydrogens is 482 g/mol. The van der Waals surface area contributed by atoms with Crippen molar-refractivity contribution in [3.8, 4) is 11.5 Å². The molecule has 0 aliphatic heterocycles. The highest BCUT2D eigenvalue weighted by atomic mass is 35.5. The van der Waals surface area contributed by atoms with Crippen molar-refractivity contribution in [3.63, 3.8) is 0 Å². The standard InChI is InChI=1S/C19H12Cl4O5S/c20-10-5-6-15(22)12(7-10)19(29(26,27)28,11-3-1-2-4-14(11)21)13-8-18(25)16(23)9-17(13)24/h1-9,24-25H,(H,26,27,28). The lowest BCUT2D eigenvalue weighted by molar-refractivity contribution is 0.434. The van der Waals surface area contributed by atoms with Gasteiger partial charge in [-0.3, -0.25) is 4.55 Å². The van der Waals surface area contributed by atoms with Crippen LogP contribution >= 0.6 is 46.4 Å². The van der Waals surface area contributed by atoms with Crippen molar-refractivity contribution in [2.45, 2.75) is 4.75 Å². The summed E-state index contributed by atoms with van der Waals surface area (Å²) in [7, 11) is -5.14. The number of phenols is 2. The van der Waals surface area contributed by atoms with Gasteiger partial charge in [0.2, 0.25) is 0 Å². The lowest BCUT2D eigenvalue weighted by atomic mass is 9.83. The SMILES string of the molecule is O=S(=O)(O)C(c1cc(O)c(Cl)cc1O)(c1ccccc1Cl)c1cc(Cl)ccc1Cl. The maximum Gasteiger partial charge on any atom is 0.283 e. The molecule has 152 valence electrons. The first-order chi connectivity index (χ1) is 13.5. The molecule has 10 heteroatoms. The number of rotatable bonds is 4. The van der Waals surface area contributed by atoms with E-state index in [1.54, 1.807) is 6.07 Å². The Kier molecular flexibility index (Phi) is 5.98. The van der Waals surface area contributed by atoms with Gasteiger partial charge in [0.1, 0.15) is 11.5 Å². The van der Waals surface area contributed by atoms with Gasteiger partial charge in [-0.1, -0.05) is 64.6 Å². The Balaban J connectivity index is 2.66. The Bertz CT molecular complexity index is 1210. The monoisotopic (exact) mass is 492 g/mol. The summed E-state index contributed by atoms with van der Waals surface area (Å²) >= 11 is 24.5. The Morgan fingerprint density at radius 2 is 1.31 bits per heavy atom. The molecule has 3 aromatic carbocycles. The predicted molar refractivity (Wildman–Crippen MR) is 114 cm³/mol. The van der Waals surface area contributed by atoms with E-state index in [0.717, 1.165) is 12.1 Å². The fourth-order valence-electron chi connectivity index (χ4n) is 3.20. The van der Waals surface area contributed by atoms with Gasteiger partial charge < -0.3 is 10.2 Å². The van der Waals surface area contributed by atoms with E-state index in [1.807, 2.05) is 0 Å². The van der Waals surface area contributed by atoms with E-state index in [1.165, 1.54) is 36.4 Å².